The second-order valence-electron chi connectivity index (χ2n) is 4.02. The minimum Gasteiger partial charge on any atom is -0.480 e. The van der Waals surface area contributed by atoms with Crippen LogP contribution in [0.4, 0.5) is 5.69 Å². The van der Waals surface area contributed by atoms with Crippen LogP contribution in [0.1, 0.15) is 10.4 Å². The highest BCUT2D eigenvalue weighted by atomic mass is 127. The Morgan fingerprint density at radius 1 is 1.38 bits per heavy atom. The molecule has 0 aliphatic rings. The number of anilines is 1. The van der Waals surface area contributed by atoms with Crippen molar-refractivity contribution in [3.8, 4) is 0 Å². The van der Waals surface area contributed by atoms with Gasteiger partial charge in [0, 0.05) is 14.8 Å². The monoisotopic (exact) mass is 439 g/mol. The summed E-state index contributed by atoms with van der Waals surface area (Å²) in [6, 6.07) is 3.05. The first-order valence-electron chi connectivity index (χ1n) is 5.57. The summed E-state index contributed by atoms with van der Waals surface area (Å²) in [7, 11) is 0. The highest BCUT2D eigenvalue weighted by Gasteiger charge is 2.15. The van der Waals surface area contributed by atoms with E-state index in [2.05, 4.69) is 10.4 Å². The largest absolute Gasteiger partial charge is 0.480 e. The molecule has 0 spiro atoms. The van der Waals surface area contributed by atoms with Crippen LogP contribution in [0.15, 0.2) is 24.5 Å². The van der Waals surface area contributed by atoms with Gasteiger partial charge in [-0.05, 0) is 34.7 Å². The van der Waals surface area contributed by atoms with Crippen LogP contribution in [0.3, 0.4) is 0 Å². The van der Waals surface area contributed by atoms with Crippen molar-refractivity contribution in [2.45, 2.75) is 6.54 Å². The lowest BCUT2D eigenvalue weighted by Crippen LogP contribution is -2.13. The van der Waals surface area contributed by atoms with Gasteiger partial charge in [0.1, 0.15) is 6.54 Å². The average molecular weight is 440 g/mol. The maximum atomic E-state index is 12.2. The Kier molecular flexibility index (Phi) is 5.07. The van der Waals surface area contributed by atoms with Crippen molar-refractivity contribution in [2.75, 3.05) is 5.32 Å². The molecule has 2 aromatic rings. The molecule has 9 heteroatoms. The fraction of sp³-hybridized carbons (Fsp3) is 0.0833. The lowest BCUT2D eigenvalue weighted by molar-refractivity contribution is -0.137. The molecule has 1 heterocycles. The van der Waals surface area contributed by atoms with Crippen LogP contribution in [-0.2, 0) is 11.3 Å². The molecule has 0 saturated carbocycles. The molecule has 1 amide bonds. The highest BCUT2D eigenvalue weighted by molar-refractivity contribution is 14.1. The van der Waals surface area contributed by atoms with Gasteiger partial charge < -0.3 is 10.4 Å². The van der Waals surface area contributed by atoms with Gasteiger partial charge >= 0.3 is 5.97 Å². The van der Waals surface area contributed by atoms with Gasteiger partial charge in [0.05, 0.1) is 22.5 Å². The molecule has 1 aromatic heterocycles. The molecule has 2 rings (SSSR count). The minimum absolute atomic E-state index is 0.281. The Hall–Kier alpha value is -1.32. The number of hydrogen-bond donors (Lipinski definition) is 2. The number of nitrogens with zero attached hydrogens (tertiary/aromatic N) is 2. The highest BCUT2D eigenvalue weighted by Crippen LogP contribution is 2.27. The van der Waals surface area contributed by atoms with E-state index < -0.39 is 11.9 Å². The van der Waals surface area contributed by atoms with Crippen LogP contribution in [0, 0.1) is 3.57 Å². The Morgan fingerprint density at radius 2 is 2.10 bits per heavy atom. The van der Waals surface area contributed by atoms with Crippen LogP contribution in [0.5, 0.6) is 0 Å². The molecule has 0 aliphatic carbocycles. The van der Waals surface area contributed by atoms with E-state index in [9.17, 15) is 9.59 Å². The van der Waals surface area contributed by atoms with Crippen molar-refractivity contribution >= 4 is 63.4 Å². The van der Waals surface area contributed by atoms with Gasteiger partial charge in [-0.25, -0.2) is 0 Å². The van der Waals surface area contributed by atoms with Crippen molar-refractivity contribution in [3.63, 3.8) is 0 Å². The topological polar surface area (TPSA) is 84.2 Å². The standard InChI is InChI=1S/C12H8Cl2IN3O3/c13-6-1-8(11(15)9(14)2-6)12(21)17-7-3-16-18(4-7)5-10(19)20/h1-4H,5H2,(H,17,21)(H,19,20). The Labute approximate surface area is 143 Å². The number of hydrogen-bond acceptors (Lipinski definition) is 3. The van der Waals surface area contributed by atoms with E-state index in [1.807, 2.05) is 22.6 Å². The number of aliphatic carboxylic acids is 1. The average Bonchev–Trinajstić information content (AvgIpc) is 2.80. The third kappa shape index (κ3) is 4.08. The molecule has 0 atom stereocenters. The van der Waals surface area contributed by atoms with Crippen LogP contribution < -0.4 is 5.32 Å². The smallest absolute Gasteiger partial charge is 0.325 e. The predicted octanol–water partition coefficient (Wildman–Crippen LogP) is 3.13. The zero-order valence-corrected chi connectivity index (χ0v) is 14.0. The Bertz CT molecular complexity index is 718. The molecule has 110 valence electrons. The summed E-state index contributed by atoms with van der Waals surface area (Å²) in [6.07, 6.45) is 2.78. The van der Waals surface area contributed by atoms with E-state index in [0.29, 0.717) is 24.9 Å². The van der Waals surface area contributed by atoms with E-state index >= 15 is 0 Å². The van der Waals surface area contributed by atoms with Crippen molar-refractivity contribution < 1.29 is 14.7 Å². The molecule has 2 N–H and O–H groups in total. The summed E-state index contributed by atoms with van der Waals surface area (Å²) in [5.74, 6) is -1.43. The van der Waals surface area contributed by atoms with Gasteiger partial charge in [-0.15, -0.1) is 0 Å². The third-order valence-corrected chi connectivity index (χ3v) is 4.42. The van der Waals surface area contributed by atoms with E-state index in [1.165, 1.54) is 23.1 Å². The van der Waals surface area contributed by atoms with Gasteiger partial charge in [-0.3, -0.25) is 14.3 Å². The molecule has 0 radical (unpaired) electrons. The lowest BCUT2D eigenvalue weighted by Gasteiger charge is -2.07. The molecule has 1 aromatic carbocycles. The fourth-order valence-electron chi connectivity index (χ4n) is 1.57. The van der Waals surface area contributed by atoms with Gasteiger partial charge in [0.2, 0.25) is 0 Å². The summed E-state index contributed by atoms with van der Waals surface area (Å²) in [5, 5.41) is 15.8. The number of aromatic nitrogens is 2. The van der Waals surface area contributed by atoms with Crippen molar-refractivity contribution in [2.24, 2.45) is 0 Å². The number of carboxylic acid groups (broad SMARTS) is 1. The number of carbonyl (C=O) groups excluding carboxylic acids is 1. The fourth-order valence-corrected chi connectivity index (χ4v) is 2.62. The molecule has 21 heavy (non-hydrogen) atoms. The second kappa shape index (κ2) is 6.63. The summed E-state index contributed by atoms with van der Waals surface area (Å²) < 4.78 is 1.78. The number of rotatable bonds is 4. The van der Waals surface area contributed by atoms with E-state index in [-0.39, 0.29) is 6.54 Å². The number of benzene rings is 1. The Morgan fingerprint density at radius 3 is 2.76 bits per heavy atom. The lowest BCUT2D eigenvalue weighted by atomic mass is 10.2. The molecule has 0 unspecified atom stereocenters. The summed E-state index contributed by atoms with van der Waals surface area (Å²) in [6.45, 7) is -0.281. The molecular formula is C12H8Cl2IN3O3. The van der Waals surface area contributed by atoms with Crippen LogP contribution in [-0.4, -0.2) is 26.8 Å². The van der Waals surface area contributed by atoms with E-state index in [0.717, 1.165) is 0 Å². The normalized spacial score (nSPS) is 10.4. The maximum Gasteiger partial charge on any atom is 0.325 e. The molecule has 0 fully saturated rings. The van der Waals surface area contributed by atoms with Crippen LogP contribution >= 0.6 is 45.8 Å². The number of nitrogens with one attached hydrogen (secondary N) is 1. The Balaban J connectivity index is 2.18. The van der Waals surface area contributed by atoms with E-state index in [4.69, 9.17) is 28.3 Å². The number of amides is 1. The van der Waals surface area contributed by atoms with E-state index in [1.54, 1.807) is 6.07 Å². The molecule has 0 bridgehead atoms. The number of halogens is 3. The first-order chi connectivity index (χ1) is 9.86. The summed E-state index contributed by atoms with van der Waals surface area (Å²) in [5.41, 5.74) is 0.715. The molecule has 0 saturated heterocycles. The maximum absolute atomic E-state index is 12.2. The predicted molar refractivity (Wildman–Crippen MR) is 87.0 cm³/mol. The van der Waals surface area contributed by atoms with Gasteiger partial charge in [-0.2, -0.15) is 5.10 Å². The zero-order valence-electron chi connectivity index (χ0n) is 10.3. The quantitative estimate of drug-likeness (QED) is 0.566. The molecule has 6 nitrogen and oxygen atoms in total. The molecular weight excluding hydrogens is 432 g/mol. The zero-order chi connectivity index (χ0) is 15.6. The number of carbonyl (C=O) groups is 2. The number of carboxylic acids is 1. The van der Waals surface area contributed by atoms with Crippen LogP contribution in [0.2, 0.25) is 10.0 Å². The summed E-state index contributed by atoms with van der Waals surface area (Å²) >= 11 is 13.8. The molecule has 0 aliphatic heterocycles. The van der Waals surface area contributed by atoms with Gasteiger partial charge in [0.15, 0.2) is 0 Å². The second-order valence-corrected chi connectivity index (χ2v) is 5.95. The third-order valence-electron chi connectivity index (χ3n) is 2.43. The summed E-state index contributed by atoms with van der Waals surface area (Å²) in [4.78, 5) is 22.7. The van der Waals surface area contributed by atoms with Crippen molar-refractivity contribution in [3.05, 3.63) is 43.7 Å². The van der Waals surface area contributed by atoms with Gasteiger partial charge in [-0.1, -0.05) is 23.2 Å². The van der Waals surface area contributed by atoms with Crippen molar-refractivity contribution in [1.82, 2.24) is 9.78 Å². The van der Waals surface area contributed by atoms with Crippen LogP contribution in [0.25, 0.3) is 0 Å². The van der Waals surface area contributed by atoms with Crippen molar-refractivity contribution in [1.29, 1.82) is 0 Å². The van der Waals surface area contributed by atoms with Gasteiger partial charge in [0.25, 0.3) is 5.91 Å². The SMILES string of the molecule is O=C(O)Cn1cc(NC(=O)c2cc(Cl)cc(Cl)c2I)cn1. The minimum atomic E-state index is -1.02. The first kappa shape index (κ1) is 16.1. The first-order valence-corrected chi connectivity index (χ1v) is 7.40.